The molecule has 2 amide bonds. The van der Waals surface area contributed by atoms with Gasteiger partial charge in [0.05, 0.1) is 12.1 Å². The lowest BCUT2D eigenvalue weighted by Gasteiger charge is -2.20. The Hall–Kier alpha value is -1.75. The molecule has 0 unspecified atom stereocenters. The molecule has 0 heterocycles. The number of nitrogens with one attached hydrogen (secondary N) is 2. The van der Waals surface area contributed by atoms with Crippen molar-refractivity contribution < 1.29 is 9.59 Å². The van der Waals surface area contributed by atoms with Gasteiger partial charge in [0.1, 0.15) is 0 Å². The number of nitrogen functional groups attached to an aromatic ring is 1. The van der Waals surface area contributed by atoms with Gasteiger partial charge in [0.15, 0.2) is 0 Å². The second-order valence-electron chi connectivity index (χ2n) is 5.21. The van der Waals surface area contributed by atoms with Gasteiger partial charge >= 0.3 is 0 Å². The van der Waals surface area contributed by atoms with E-state index in [2.05, 4.69) is 10.6 Å². The van der Waals surface area contributed by atoms with Gasteiger partial charge in [-0.25, -0.2) is 0 Å². The summed E-state index contributed by atoms with van der Waals surface area (Å²) in [6.45, 7) is 5.48. The molecule has 0 aliphatic carbocycles. The van der Waals surface area contributed by atoms with Crippen LogP contribution in [0.15, 0.2) is 18.2 Å². The van der Waals surface area contributed by atoms with E-state index in [1.807, 2.05) is 20.8 Å². The molecule has 4 N–H and O–H groups in total. The molecule has 0 aromatic heterocycles. The molecule has 0 bridgehead atoms. The number of hydrogen-bond acceptors (Lipinski definition) is 3. The summed E-state index contributed by atoms with van der Waals surface area (Å²) in [6.07, 6.45) is 0. The summed E-state index contributed by atoms with van der Waals surface area (Å²) in [6, 6.07) is 4.61. The van der Waals surface area contributed by atoms with Crippen molar-refractivity contribution in [3.63, 3.8) is 0 Å². The summed E-state index contributed by atoms with van der Waals surface area (Å²) >= 11 is 5.80. The average Bonchev–Trinajstić information content (AvgIpc) is 2.27. The first-order valence-electron chi connectivity index (χ1n) is 5.83. The minimum absolute atomic E-state index is 0.109. The number of carbonyl (C=O) groups is 2. The first-order chi connectivity index (χ1) is 8.69. The molecule has 5 nitrogen and oxygen atoms in total. The number of nitrogens with two attached hydrogens (primary N) is 1. The Labute approximate surface area is 117 Å². The molecule has 6 heteroatoms. The molecule has 0 saturated carbocycles. The molecule has 104 valence electrons. The summed E-state index contributed by atoms with van der Waals surface area (Å²) in [5.41, 5.74) is 5.92. The fourth-order valence-corrected chi connectivity index (χ4v) is 1.62. The van der Waals surface area contributed by atoms with Crippen LogP contribution < -0.4 is 16.4 Å². The summed E-state index contributed by atoms with van der Waals surface area (Å²) in [5, 5.41) is 5.66. The van der Waals surface area contributed by atoms with Crippen molar-refractivity contribution >= 4 is 29.1 Å². The molecule has 0 fully saturated rings. The standard InChI is InChI=1S/C13H18ClN3O2/c1-13(2,3)17-11(18)7-16-12(19)9-6-8(14)4-5-10(9)15/h4-6H,7,15H2,1-3H3,(H,16,19)(H,17,18). The van der Waals surface area contributed by atoms with Crippen LogP contribution in [0, 0.1) is 0 Å². The van der Waals surface area contributed by atoms with Crippen molar-refractivity contribution in [1.29, 1.82) is 0 Å². The second-order valence-corrected chi connectivity index (χ2v) is 5.65. The molecule has 1 aromatic carbocycles. The lowest BCUT2D eigenvalue weighted by molar-refractivity contribution is -0.121. The fourth-order valence-electron chi connectivity index (χ4n) is 1.44. The van der Waals surface area contributed by atoms with Gasteiger partial charge < -0.3 is 16.4 Å². The van der Waals surface area contributed by atoms with E-state index in [0.29, 0.717) is 10.7 Å². The summed E-state index contributed by atoms with van der Waals surface area (Å²) in [5.74, 6) is -0.689. The van der Waals surface area contributed by atoms with Crippen molar-refractivity contribution in [3.05, 3.63) is 28.8 Å². The van der Waals surface area contributed by atoms with Gasteiger partial charge in [0.2, 0.25) is 5.91 Å². The third-order valence-electron chi connectivity index (χ3n) is 2.18. The van der Waals surface area contributed by atoms with Crippen LogP contribution in [-0.4, -0.2) is 23.9 Å². The topological polar surface area (TPSA) is 84.2 Å². The van der Waals surface area contributed by atoms with Crippen LogP contribution in [0.5, 0.6) is 0 Å². The van der Waals surface area contributed by atoms with Gasteiger partial charge in [0.25, 0.3) is 5.91 Å². The van der Waals surface area contributed by atoms with Crippen molar-refractivity contribution in [3.8, 4) is 0 Å². The summed E-state index contributed by atoms with van der Waals surface area (Å²) < 4.78 is 0. The van der Waals surface area contributed by atoms with E-state index in [0.717, 1.165) is 0 Å². The van der Waals surface area contributed by atoms with Crippen LogP contribution in [-0.2, 0) is 4.79 Å². The van der Waals surface area contributed by atoms with Crippen LogP contribution in [0.2, 0.25) is 5.02 Å². The van der Waals surface area contributed by atoms with E-state index >= 15 is 0 Å². The first-order valence-corrected chi connectivity index (χ1v) is 6.21. The first kappa shape index (κ1) is 15.3. The minimum atomic E-state index is -0.427. The average molecular weight is 284 g/mol. The number of hydrogen-bond donors (Lipinski definition) is 3. The van der Waals surface area contributed by atoms with Crippen molar-refractivity contribution in [1.82, 2.24) is 10.6 Å². The van der Waals surface area contributed by atoms with Gasteiger partial charge in [-0.15, -0.1) is 0 Å². The summed E-state index contributed by atoms with van der Waals surface area (Å²) in [4.78, 5) is 23.4. The normalized spacial score (nSPS) is 10.9. The van der Waals surface area contributed by atoms with Crippen LogP contribution in [0.1, 0.15) is 31.1 Å². The molecule has 0 radical (unpaired) electrons. The van der Waals surface area contributed by atoms with Crippen molar-refractivity contribution in [2.75, 3.05) is 12.3 Å². The van der Waals surface area contributed by atoms with E-state index in [1.54, 1.807) is 12.1 Å². The smallest absolute Gasteiger partial charge is 0.253 e. The van der Waals surface area contributed by atoms with E-state index < -0.39 is 5.91 Å². The van der Waals surface area contributed by atoms with Gasteiger partial charge in [-0.1, -0.05) is 11.6 Å². The van der Waals surface area contributed by atoms with E-state index in [4.69, 9.17) is 17.3 Å². The third-order valence-corrected chi connectivity index (χ3v) is 2.42. The Bertz CT molecular complexity index is 495. The Kier molecular flexibility index (Phi) is 4.78. The molecule has 19 heavy (non-hydrogen) atoms. The Balaban J connectivity index is 2.61. The summed E-state index contributed by atoms with van der Waals surface area (Å²) in [7, 11) is 0. The zero-order valence-corrected chi connectivity index (χ0v) is 12.0. The predicted octanol–water partition coefficient (Wildman–Crippen LogP) is 1.57. The van der Waals surface area contributed by atoms with Crippen LogP contribution in [0.25, 0.3) is 0 Å². The number of benzene rings is 1. The highest BCUT2D eigenvalue weighted by molar-refractivity contribution is 6.31. The lowest BCUT2D eigenvalue weighted by Crippen LogP contribution is -2.45. The highest BCUT2D eigenvalue weighted by Gasteiger charge is 2.15. The molecule has 0 aliphatic heterocycles. The van der Waals surface area contributed by atoms with E-state index in [9.17, 15) is 9.59 Å². The van der Waals surface area contributed by atoms with Crippen LogP contribution >= 0.6 is 11.6 Å². The van der Waals surface area contributed by atoms with Gasteiger partial charge in [-0.05, 0) is 39.0 Å². The third kappa shape index (κ3) is 5.18. The van der Waals surface area contributed by atoms with Crippen LogP contribution in [0.3, 0.4) is 0 Å². The molecular formula is C13H18ClN3O2. The molecule has 1 aromatic rings. The number of halogens is 1. The maximum absolute atomic E-state index is 11.9. The zero-order chi connectivity index (χ0) is 14.6. The Morgan fingerprint density at radius 2 is 1.95 bits per heavy atom. The highest BCUT2D eigenvalue weighted by Crippen LogP contribution is 2.17. The monoisotopic (exact) mass is 283 g/mol. The number of carbonyl (C=O) groups excluding carboxylic acids is 2. The Morgan fingerprint density at radius 1 is 1.32 bits per heavy atom. The number of anilines is 1. The zero-order valence-electron chi connectivity index (χ0n) is 11.2. The molecule has 0 spiro atoms. The van der Waals surface area contributed by atoms with E-state index in [-0.39, 0.29) is 23.6 Å². The van der Waals surface area contributed by atoms with Gasteiger partial charge in [-0.2, -0.15) is 0 Å². The largest absolute Gasteiger partial charge is 0.398 e. The quantitative estimate of drug-likeness (QED) is 0.736. The van der Waals surface area contributed by atoms with Crippen molar-refractivity contribution in [2.45, 2.75) is 26.3 Å². The molecule has 1 rings (SSSR count). The van der Waals surface area contributed by atoms with Gasteiger partial charge in [0, 0.05) is 16.2 Å². The van der Waals surface area contributed by atoms with E-state index in [1.165, 1.54) is 6.07 Å². The SMILES string of the molecule is CC(C)(C)NC(=O)CNC(=O)c1cc(Cl)ccc1N. The molecule has 0 saturated heterocycles. The number of rotatable bonds is 3. The van der Waals surface area contributed by atoms with Gasteiger partial charge in [-0.3, -0.25) is 9.59 Å². The number of amides is 2. The minimum Gasteiger partial charge on any atom is -0.398 e. The Morgan fingerprint density at radius 3 is 2.53 bits per heavy atom. The maximum atomic E-state index is 11.9. The lowest BCUT2D eigenvalue weighted by atomic mass is 10.1. The predicted molar refractivity (Wildman–Crippen MR) is 76.1 cm³/mol. The second kappa shape index (κ2) is 5.93. The maximum Gasteiger partial charge on any atom is 0.253 e. The fraction of sp³-hybridized carbons (Fsp3) is 0.385. The van der Waals surface area contributed by atoms with Crippen molar-refractivity contribution in [2.24, 2.45) is 0 Å². The highest BCUT2D eigenvalue weighted by atomic mass is 35.5. The molecular weight excluding hydrogens is 266 g/mol. The van der Waals surface area contributed by atoms with Crippen LogP contribution in [0.4, 0.5) is 5.69 Å². The molecule has 0 aliphatic rings. The molecule has 0 atom stereocenters.